The van der Waals surface area contributed by atoms with Gasteiger partial charge in [0.05, 0.1) is 17.5 Å². The summed E-state index contributed by atoms with van der Waals surface area (Å²) in [5.41, 5.74) is 0.0226. The Morgan fingerprint density at radius 3 is 2.85 bits per heavy atom. The molecule has 1 aromatic carbocycles. The largest absolute Gasteiger partial charge is 0.478 e. The summed E-state index contributed by atoms with van der Waals surface area (Å²) < 4.78 is 6.28. The van der Waals surface area contributed by atoms with E-state index in [1.165, 1.54) is 0 Å². The van der Waals surface area contributed by atoms with Crippen LogP contribution in [0.15, 0.2) is 52.2 Å². The van der Waals surface area contributed by atoms with Crippen molar-refractivity contribution in [3.8, 4) is 5.88 Å². The maximum Gasteiger partial charge on any atom is 0.329 e. The van der Waals surface area contributed by atoms with Crippen molar-refractivity contribution in [3.63, 3.8) is 0 Å². The number of fused-ring (bicyclic) bond motifs is 1. The minimum atomic E-state index is -0.625. The van der Waals surface area contributed by atoms with Crippen LogP contribution >= 0.6 is 0 Å². The quantitative estimate of drug-likeness (QED) is 0.681. The predicted molar refractivity (Wildman–Crippen MR) is 96.1 cm³/mol. The molecule has 8 heteroatoms. The summed E-state index contributed by atoms with van der Waals surface area (Å²) >= 11 is 0. The van der Waals surface area contributed by atoms with Crippen molar-refractivity contribution >= 4 is 16.8 Å². The van der Waals surface area contributed by atoms with E-state index in [0.29, 0.717) is 29.0 Å². The minimum Gasteiger partial charge on any atom is -0.478 e. The topological polar surface area (TPSA) is 106 Å². The molecule has 2 heterocycles. The summed E-state index contributed by atoms with van der Waals surface area (Å²) in [6.45, 7) is 2.11. The lowest BCUT2D eigenvalue weighted by Crippen LogP contribution is -2.40. The first-order valence-corrected chi connectivity index (χ1v) is 8.15. The Hall–Kier alpha value is -3.42. The molecule has 0 saturated heterocycles. The first-order chi connectivity index (χ1) is 12.6. The molecule has 0 aliphatic carbocycles. The molecule has 0 saturated carbocycles. The molecule has 26 heavy (non-hydrogen) atoms. The number of pyridine rings is 1. The van der Waals surface area contributed by atoms with Crippen LogP contribution in [0.25, 0.3) is 10.9 Å². The number of carbonyl (C=O) groups is 1. The van der Waals surface area contributed by atoms with E-state index in [1.54, 1.807) is 42.6 Å². The van der Waals surface area contributed by atoms with E-state index in [0.717, 1.165) is 4.57 Å². The highest BCUT2D eigenvalue weighted by atomic mass is 16.5. The molecule has 3 aromatic rings. The number of hydrogen-bond donors (Lipinski definition) is 2. The van der Waals surface area contributed by atoms with Gasteiger partial charge >= 0.3 is 5.69 Å². The molecule has 0 unspecified atom stereocenters. The summed E-state index contributed by atoms with van der Waals surface area (Å²) in [5.74, 6) is -0.0183. The summed E-state index contributed by atoms with van der Waals surface area (Å²) in [6.07, 6.45) is 1.60. The molecule has 0 spiro atoms. The highest BCUT2D eigenvalue weighted by molar-refractivity contribution is 5.78. The minimum absolute atomic E-state index is 0.183. The van der Waals surface area contributed by atoms with E-state index >= 15 is 0 Å². The SMILES string of the molecule is CCOc1ncccc1CNC(=O)Cn1c(=O)[nH]c2ccccc2c1=O. The van der Waals surface area contributed by atoms with Gasteiger partial charge in [0.2, 0.25) is 11.8 Å². The average Bonchev–Trinajstić information content (AvgIpc) is 2.65. The Balaban J connectivity index is 1.76. The van der Waals surface area contributed by atoms with Crippen LogP contribution in [0.4, 0.5) is 0 Å². The van der Waals surface area contributed by atoms with E-state index in [9.17, 15) is 14.4 Å². The standard InChI is InChI=1S/C18H18N4O4/c1-2-26-16-12(6-5-9-19-16)10-20-15(23)11-22-17(24)13-7-3-4-8-14(13)21-18(22)25/h3-9H,2,10-11H2,1H3,(H,20,23)(H,21,25). The number of benzene rings is 1. The number of nitrogens with one attached hydrogen (secondary N) is 2. The number of aromatic amines is 1. The van der Waals surface area contributed by atoms with Crippen LogP contribution in [0.1, 0.15) is 12.5 Å². The zero-order valence-electron chi connectivity index (χ0n) is 14.2. The summed E-state index contributed by atoms with van der Waals surface area (Å²) in [5, 5.41) is 3.03. The first kappa shape index (κ1) is 17.4. The highest BCUT2D eigenvalue weighted by Gasteiger charge is 2.12. The third-order valence-electron chi connectivity index (χ3n) is 3.80. The van der Waals surface area contributed by atoms with E-state index < -0.39 is 17.2 Å². The number of aromatic nitrogens is 3. The Kier molecular flexibility index (Phi) is 5.12. The van der Waals surface area contributed by atoms with Gasteiger partial charge in [-0.3, -0.25) is 14.2 Å². The average molecular weight is 354 g/mol. The third kappa shape index (κ3) is 3.64. The van der Waals surface area contributed by atoms with Crippen LogP contribution in [0, 0.1) is 0 Å². The molecule has 0 aliphatic heterocycles. The van der Waals surface area contributed by atoms with Gasteiger partial charge in [-0.2, -0.15) is 0 Å². The monoisotopic (exact) mass is 354 g/mol. The molecule has 1 amide bonds. The molecule has 0 radical (unpaired) electrons. The number of ether oxygens (including phenoxy) is 1. The lowest BCUT2D eigenvalue weighted by molar-refractivity contribution is -0.121. The Morgan fingerprint density at radius 1 is 1.23 bits per heavy atom. The van der Waals surface area contributed by atoms with Crippen molar-refractivity contribution < 1.29 is 9.53 Å². The number of rotatable bonds is 6. The molecule has 0 aliphatic rings. The molecule has 3 rings (SSSR count). The first-order valence-electron chi connectivity index (χ1n) is 8.15. The van der Waals surface area contributed by atoms with Crippen LogP contribution in [-0.2, 0) is 17.9 Å². The Labute approximate surface area is 148 Å². The second-order valence-corrected chi connectivity index (χ2v) is 5.54. The number of nitrogens with zero attached hydrogens (tertiary/aromatic N) is 2. The number of carbonyl (C=O) groups excluding carboxylic acids is 1. The molecule has 134 valence electrons. The van der Waals surface area contributed by atoms with Crippen LogP contribution in [-0.4, -0.2) is 27.0 Å². The number of H-pyrrole nitrogens is 1. The van der Waals surface area contributed by atoms with Crippen molar-refractivity contribution in [2.24, 2.45) is 0 Å². The van der Waals surface area contributed by atoms with E-state index in [1.807, 2.05) is 6.92 Å². The predicted octanol–water partition coefficient (Wildman–Crippen LogP) is 0.800. The van der Waals surface area contributed by atoms with Gasteiger partial charge in [0.25, 0.3) is 5.56 Å². The second kappa shape index (κ2) is 7.64. The molecule has 0 fully saturated rings. The third-order valence-corrected chi connectivity index (χ3v) is 3.80. The Bertz CT molecular complexity index is 1050. The van der Waals surface area contributed by atoms with Gasteiger partial charge in [0, 0.05) is 18.3 Å². The van der Waals surface area contributed by atoms with Gasteiger partial charge in [-0.15, -0.1) is 0 Å². The van der Waals surface area contributed by atoms with E-state index in [4.69, 9.17) is 4.74 Å². The van der Waals surface area contributed by atoms with Crippen molar-refractivity contribution in [1.29, 1.82) is 0 Å². The molecule has 0 bridgehead atoms. The smallest absolute Gasteiger partial charge is 0.329 e. The van der Waals surface area contributed by atoms with Gasteiger partial charge in [-0.1, -0.05) is 18.2 Å². The van der Waals surface area contributed by atoms with Crippen molar-refractivity contribution in [1.82, 2.24) is 19.9 Å². The van der Waals surface area contributed by atoms with Crippen molar-refractivity contribution in [3.05, 3.63) is 69.0 Å². The molecule has 2 aromatic heterocycles. The summed E-state index contributed by atoms with van der Waals surface area (Å²) in [6, 6.07) is 10.2. The van der Waals surface area contributed by atoms with E-state index in [-0.39, 0.29) is 13.1 Å². The number of amides is 1. The van der Waals surface area contributed by atoms with Crippen molar-refractivity contribution in [2.45, 2.75) is 20.0 Å². The highest BCUT2D eigenvalue weighted by Crippen LogP contribution is 2.13. The molecule has 0 atom stereocenters. The number of para-hydroxylation sites is 1. The fourth-order valence-electron chi connectivity index (χ4n) is 2.56. The molecular formula is C18H18N4O4. The van der Waals surface area contributed by atoms with Crippen LogP contribution in [0.3, 0.4) is 0 Å². The van der Waals surface area contributed by atoms with Gasteiger partial charge < -0.3 is 15.0 Å². The fourth-order valence-corrected chi connectivity index (χ4v) is 2.56. The summed E-state index contributed by atoms with van der Waals surface area (Å²) in [4.78, 5) is 43.5. The maximum absolute atomic E-state index is 12.4. The van der Waals surface area contributed by atoms with Crippen LogP contribution in [0.2, 0.25) is 0 Å². The lowest BCUT2D eigenvalue weighted by Gasteiger charge is -2.10. The van der Waals surface area contributed by atoms with Gasteiger partial charge in [0.1, 0.15) is 6.54 Å². The summed E-state index contributed by atoms with van der Waals surface area (Å²) in [7, 11) is 0. The van der Waals surface area contributed by atoms with Gasteiger partial charge in [0.15, 0.2) is 0 Å². The zero-order chi connectivity index (χ0) is 18.5. The lowest BCUT2D eigenvalue weighted by atomic mass is 10.2. The second-order valence-electron chi connectivity index (χ2n) is 5.54. The molecular weight excluding hydrogens is 336 g/mol. The van der Waals surface area contributed by atoms with Crippen molar-refractivity contribution in [2.75, 3.05) is 6.61 Å². The van der Waals surface area contributed by atoms with E-state index in [2.05, 4.69) is 15.3 Å². The van der Waals surface area contributed by atoms with Crippen LogP contribution < -0.4 is 21.3 Å². The number of hydrogen-bond acceptors (Lipinski definition) is 5. The normalized spacial score (nSPS) is 10.7. The Morgan fingerprint density at radius 2 is 2.04 bits per heavy atom. The van der Waals surface area contributed by atoms with Gasteiger partial charge in [-0.25, -0.2) is 9.78 Å². The zero-order valence-corrected chi connectivity index (χ0v) is 14.2. The van der Waals surface area contributed by atoms with Gasteiger partial charge in [-0.05, 0) is 25.1 Å². The molecule has 2 N–H and O–H groups in total. The fraction of sp³-hybridized carbons (Fsp3) is 0.222. The van der Waals surface area contributed by atoms with Crippen LogP contribution in [0.5, 0.6) is 5.88 Å². The molecule has 8 nitrogen and oxygen atoms in total. The maximum atomic E-state index is 12.4.